The second-order valence-corrected chi connectivity index (χ2v) is 4.02. The molecule has 4 N–H and O–H groups in total. The summed E-state index contributed by atoms with van der Waals surface area (Å²) in [5.41, 5.74) is 12.6. The summed E-state index contributed by atoms with van der Waals surface area (Å²) in [7, 11) is 0. The third-order valence-corrected chi connectivity index (χ3v) is 2.75. The molecule has 3 nitrogen and oxygen atoms in total. The van der Waals surface area contributed by atoms with Crippen LogP contribution in [0.25, 0.3) is 0 Å². The standard InChI is InChI=1S/C13H13F2N3/c14-9-2-1-3-10(15)13(9)12(17)6-8-7-18-5-4-11(8)16/h1-5,7,12H,6,17H2,(H2,16,18). The zero-order valence-electron chi connectivity index (χ0n) is 9.61. The van der Waals surface area contributed by atoms with Gasteiger partial charge >= 0.3 is 0 Å². The Bertz CT molecular complexity index is 537. The number of nitrogens with two attached hydrogens (primary N) is 2. The summed E-state index contributed by atoms with van der Waals surface area (Å²) >= 11 is 0. The minimum absolute atomic E-state index is 0.124. The molecule has 0 fully saturated rings. The molecule has 0 amide bonds. The molecule has 2 rings (SSSR count). The van der Waals surface area contributed by atoms with Gasteiger partial charge in [-0.15, -0.1) is 0 Å². The van der Waals surface area contributed by atoms with Crippen LogP contribution in [0.5, 0.6) is 0 Å². The predicted octanol–water partition coefficient (Wildman–Crippen LogP) is 2.18. The van der Waals surface area contributed by atoms with Gasteiger partial charge in [-0.1, -0.05) is 6.07 Å². The zero-order valence-corrected chi connectivity index (χ0v) is 9.61. The lowest BCUT2D eigenvalue weighted by Gasteiger charge is -2.14. The minimum atomic E-state index is -0.794. The number of hydrogen-bond acceptors (Lipinski definition) is 3. The van der Waals surface area contributed by atoms with Gasteiger partial charge in [0.1, 0.15) is 11.6 Å². The van der Waals surface area contributed by atoms with Gasteiger partial charge in [-0.05, 0) is 30.2 Å². The lowest BCUT2D eigenvalue weighted by atomic mass is 9.99. The highest BCUT2D eigenvalue weighted by Crippen LogP contribution is 2.23. The van der Waals surface area contributed by atoms with E-state index in [4.69, 9.17) is 11.5 Å². The molecule has 5 heteroatoms. The quantitative estimate of drug-likeness (QED) is 0.876. The van der Waals surface area contributed by atoms with Crippen LogP contribution in [0.15, 0.2) is 36.7 Å². The molecule has 0 aliphatic heterocycles. The Morgan fingerprint density at radius 3 is 2.44 bits per heavy atom. The van der Waals surface area contributed by atoms with Gasteiger partial charge in [-0.2, -0.15) is 0 Å². The SMILES string of the molecule is Nc1ccncc1CC(N)c1c(F)cccc1F. The molecule has 1 aromatic heterocycles. The van der Waals surface area contributed by atoms with E-state index < -0.39 is 17.7 Å². The van der Waals surface area contributed by atoms with Gasteiger partial charge in [0.25, 0.3) is 0 Å². The molecule has 1 unspecified atom stereocenters. The highest BCUT2D eigenvalue weighted by molar-refractivity contribution is 5.45. The van der Waals surface area contributed by atoms with E-state index in [9.17, 15) is 8.78 Å². The molecule has 0 aliphatic rings. The third-order valence-electron chi connectivity index (χ3n) is 2.75. The first-order valence-corrected chi connectivity index (χ1v) is 5.47. The molecule has 0 aliphatic carbocycles. The number of halogens is 2. The first-order chi connectivity index (χ1) is 8.59. The Morgan fingerprint density at radius 2 is 1.83 bits per heavy atom. The average Bonchev–Trinajstić information content (AvgIpc) is 2.32. The van der Waals surface area contributed by atoms with E-state index in [0.29, 0.717) is 11.3 Å². The molecule has 0 saturated carbocycles. The van der Waals surface area contributed by atoms with Gasteiger partial charge in [0.2, 0.25) is 0 Å². The fraction of sp³-hybridized carbons (Fsp3) is 0.154. The second-order valence-electron chi connectivity index (χ2n) is 4.02. The van der Waals surface area contributed by atoms with Crippen molar-refractivity contribution < 1.29 is 8.78 Å². The Kier molecular flexibility index (Phi) is 3.53. The largest absolute Gasteiger partial charge is 0.398 e. The van der Waals surface area contributed by atoms with Gasteiger partial charge in [0.15, 0.2) is 0 Å². The summed E-state index contributed by atoms with van der Waals surface area (Å²) in [6.07, 6.45) is 3.33. The van der Waals surface area contributed by atoms with E-state index in [1.807, 2.05) is 0 Å². The Hall–Kier alpha value is -2.01. The minimum Gasteiger partial charge on any atom is -0.398 e. The van der Waals surface area contributed by atoms with Crippen LogP contribution in [0.3, 0.4) is 0 Å². The van der Waals surface area contributed by atoms with E-state index in [0.717, 1.165) is 0 Å². The number of nitrogens with zero attached hydrogens (tertiary/aromatic N) is 1. The summed E-state index contributed by atoms with van der Waals surface area (Å²) in [5.74, 6) is -1.30. The Balaban J connectivity index is 2.28. The van der Waals surface area contributed by atoms with Crippen molar-refractivity contribution in [3.63, 3.8) is 0 Å². The molecule has 1 atom stereocenters. The van der Waals surface area contributed by atoms with Crippen molar-refractivity contribution in [2.45, 2.75) is 12.5 Å². The van der Waals surface area contributed by atoms with E-state index in [2.05, 4.69) is 4.98 Å². The van der Waals surface area contributed by atoms with Gasteiger partial charge in [0, 0.05) is 29.7 Å². The molecular weight excluding hydrogens is 236 g/mol. The monoisotopic (exact) mass is 249 g/mol. The normalized spacial score (nSPS) is 12.4. The van der Waals surface area contributed by atoms with Crippen LogP contribution >= 0.6 is 0 Å². The molecule has 18 heavy (non-hydrogen) atoms. The van der Waals surface area contributed by atoms with Crippen LogP contribution < -0.4 is 11.5 Å². The molecule has 94 valence electrons. The average molecular weight is 249 g/mol. The number of pyridine rings is 1. The van der Waals surface area contributed by atoms with E-state index >= 15 is 0 Å². The van der Waals surface area contributed by atoms with Crippen LogP contribution in [0, 0.1) is 11.6 Å². The lowest BCUT2D eigenvalue weighted by molar-refractivity contribution is 0.524. The fourth-order valence-electron chi connectivity index (χ4n) is 1.81. The maximum absolute atomic E-state index is 13.5. The maximum atomic E-state index is 13.5. The van der Waals surface area contributed by atoms with Crippen molar-refractivity contribution in [2.24, 2.45) is 5.73 Å². The summed E-state index contributed by atoms with van der Waals surface area (Å²) in [4.78, 5) is 3.91. The molecular formula is C13H13F2N3. The van der Waals surface area contributed by atoms with Crippen LogP contribution in [-0.4, -0.2) is 4.98 Å². The summed E-state index contributed by atoms with van der Waals surface area (Å²) < 4.78 is 27.1. The number of nitrogen functional groups attached to an aromatic ring is 1. The highest BCUT2D eigenvalue weighted by Gasteiger charge is 2.17. The first kappa shape index (κ1) is 12.4. The van der Waals surface area contributed by atoms with Crippen molar-refractivity contribution in [3.05, 3.63) is 59.4 Å². The van der Waals surface area contributed by atoms with E-state index in [-0.39, 0.29) is 12.0 Å². The number of rotatable bonds is 3. The van der Waals surface area contributed by atoms with Gasteiger partial charge in [0.05, 0.1) is 0 Å². The fourth-order valence-corrected chi connectivity index (χ4v) is 1.81. The smallest absolute Gasteiger partial charge is 0.130 e. The lowest BCUT2D eigenvalue weighted by Crippen LogP contribution is -2.17. The summed E-state index contributed by atoms with van der Waals surface area (Å²) in [6, 6.07) is 4.51. The van der Waals surface area contributed by atoms with Crippen molar-refractivity contribution >= 4 is 5.69 Å². The second kappa shape index (κ2) is 5.10. The molecule has 2 aromatic rings. The Labute approximate surface area is 103 Å². The third kappa shape index (κ3) is 2.46. The van der Waals surface area contributed by atoms with Crippen LogP contribution in [-0.2, 0) is 6.42 Å². The Morgan fingerprint density at radius 1 is 1.17 bits per heavy atom. The van der Waals surface area contributed by atoms with E-state index in [1.54, 1.807) is 18.5 Å². The number of anilines is 1. The molecule has 0 radical (unpaired) electrons. The van der Waals surface area contributed by atoms with Crippen molar-refractivity contribution in [3.8, 4) is 0 Å². The number of benzene rings is 1. The van der Waals surface area contributed by atoms with Crippen molar-refractivity contribution in [1.82, 2.24) is 4.98 Å². The van der Waals surface area contributed by atoms with Crippen LogP contribution in [0.4, 0.5) is 14.5 Å². The topological polar surface area (TPSA) is 64.9 Å². The summed E-state index contributed by atoms with van der Waals surface area (Å²) in [6.45, 7) is 0. The van der Waals surface area contributed by atoms with E-state index in [1.165, 1.54) is 18.2 Å². The van der Waals surface area contributed by atoms with Gasteiger partial charge < -0.3 is 11.5 Å². The first-order valence-electron chi connectivity index (χ1n) is 5.47. The molecule has 0 saturated heterocycles. The molecule has 1 aromatic carbocycles. The maximum Gasteiger partial charge on any atom is 0.130 e. The zero-order chi connectivity index (χ0) is 13.1. The van der Waals surface area contributed by atoms with Gasteiger partial charge in [-0.25, -0.2) is 8.78 Å². The summed E-state index contributed by atoms with van der Waals surface area (Å²) in [5, 5.41) is 0. The number of hydrogen-bond donors (Lipinski definition) is 2. The molecule has 1 heterocycles. The van der Waals surface area contributed by atoms with Crippen molar-refractivity contribution in [1.29, 1.82) is 0 Å². The molecule has 0 spiro atoms. The van der Waals surface area contributed by atoms with Crippen molar-refractivity contribution in [2.75, 3.05) is 5.73 Å². The van der Waals surface area contributed by atoms with Crippen LogP contribution in [0.2, 0.25) is 0 Å². The highest BCUT2D eigenvalue weighted by atomic mass is 19.1. The van der Waals surface area contributed by atoms with Crippen LogP contribution in [0.1, 0.15) is 17.2 Å². The number of aromatic nitrogens is 1. The van der Waals surface area contributed by atoms with Gasteiger partial charge in [-0.3, -0.25) is 4.98 Å². The molecule has 0 bridgehead atoms. The predicted molar refractivity (Wildman–Crippen MR) is 65.6 cm³/mol.